The molecular formula is C23H41N3. The van der Waals surface area contributed by atoms with Gasteiger partial charge in [0.15, 0.2) is 0 Å². The molecule has 26 heavy (non-hydrogen) atoms. The summed E-state index contributed by atoms with van der Waals surface area (Å²) in [5, 5.41) is 0. The Hall–Kier alpha value is -0.830. The summed E-state index contributed by atoms with van der Waals surface area (Å²) in [7, 11) is 0. The quantitative estimate of drug-likeness (QED) is 0.623. The van der Waals surface area contributed by atoms with Crippen molar-refractivity contribution in [2.24, 2.45) is 17.6 Å². The number of aryl methyl sites for hydroxylation is 1. The van der Waals surface area contributed by atoms with Crippen LogP contribution in [0.5, 0.6) is 0 Å². The molecule has 1 aromatic rings. The maximum atomic E-state index is 6.55. The minimum Gasteiger partial charge on any atom is -0.348 e. The maximum Gasteiger partial charge on any atom is 0.109 e. The molecule has 3 heteroatoms. The number of imidazole rings is 1. The SMILES string of the molecule is Cc1c[nH]c(C2CCCCCCCC3CC(N)CCCCCCC3C2)n1. The fraction of sp³-hybridized carbons (Fsp3) is 0.870. The van der Waals surface area contributed by atoms with Gasteiger partial charge in [0.2, 0.25) is 0 Å². The number of H-pyrrole nitrogens is 1. The van der Waals surface area contributed by atoms with Crippen molar-refractivity contribution in [3.63, 3.8) is 0 Å². The summed E-state index contributed by atoms with van der Waals surface area (Å²) in [6, 6.07) is 0.426. The van der Waals surface area contributed by atoms with Crippen LogP contribution in [-0.2, 0) is 0 Å². The second-order valence-corrected chi connectivity index (χ2v) is 9.21. The van der Waals surface area contributed by atoms with Crippen molar-refractivity contribution < 1.29 is 0 Å². The number of fused-ring (bicyclic) bond motifs is 1. The molecule has 2 aliphatic rings. The highest BCUT2D eigenvalue weighted by molar-refractivity contribution is 5.04. The van der Waals surface area contributed by atoms with Crippen LogP contribution >= 0.6 is 0 Å². The van der Waals surface area contributed by atoms with Gasteiger partial charge in [-0.15, -0.1) is 0 Å². The van der Waals surface area contributed by atoms with Gasteiger partial charge in [0.1, 0.15) is 5.82 Å². The van der Waals surface area contributed by atoms with E-state index in [2.05, 4.69) is 18.1 Å². The molecule has 3 N–H and O–H groups in total. The summed E-state index contributed by atoms with van der Waals surface area (Å²) in [6.07, 6.45) is 22.6. The Kier molecular flexibility index (Phi) is 8.04. The molecule has 4 atom stereocenters. The molecular weight excluding hydrogens is 318 g/mol. The number of nitrogens with zero attached hydrogens (tertiary/aromatic N) is 1. The topological polar surface area (TPSA) is 54.7 Å². The van der Waals surface area contributed by atoms with Crippen LogP contribution in [0.4, 0.5) is 0 Å². The zero-order chi connectivity index (χ0) is 18.2. The van der Waals surface area contributed by atoms with Gasteiger partial charge in [0.05, 0.1) is 5.69 Å². The van der Waals surface area contributed by atoms with E-state index in [4.69, 9.17) is 10.7 Å². The number of nitrogens with one attached hydrogen (secondary N) is 1. The van der Waals surface area contributed by atoms with Crippen molar-refractivity contribution in [1.29, 1.82) is 0 Å². The van der Waals surface area contributed by atoms with Crippen LogP contribution in [0.1, 0.15) is 114 Å². The summed E-state index contributed by atoms with van der Waals surface area (Å²) in [6.45, 7) is 2.11. The van der Waals surface area contributed by atoms with E-state index in [-0.39, 0.29) is 0 Å². The van der Waals surface area contributed by atoms with Gasteiger partial charge in [0.25, 0.3) is 0 Å². The van der Waals surface area contributed by atoms with Gasteiger partial charge in [-0.2, -0.15) is 0 Å². The lowest BCUT2D eigenvalue weighted by atomic mass is 9.74. The molecule has 3 nitrogen and oxygen atoms in total. The largest absolute Gasteiger partial charge is 0.348 e. The standard InChI is InChI=1S/C23H41N3/c1-18-17-25-23(26-18)21-13-9-4-2-3-7-12-20-16-22(24)14-10-6-5-8-11-19(20)15-21/h17,19-22H,2-16,24H2,1H3,(H,25,26). The molecule has 2 aliphatic carbocycles. The van der Waals surface area contributed by atoms with E-state index in [1.165, 1.54) is 102 Å². The van der Waals surface area contributed by atoms with Crippen LogP contribution in [-0.4, -0.2) is 16.0 Å². The lowest BCUT2D eigenvalue weighted by molar-refractivity contribution is 0.213. The number of hydrogen-bond donors (Lipinski definition) is 2. The fourth-order valence-corrected chi connectivity index (χ4v) is 5.47. The first kappa shape index (κ1) is 19.9. The molecule has 1 heterocycles. The monoisotopic (exact) mass is 359 g/mol. The fourth-order valence-electron chi connectivity index (χ4n) is 5.47. The van der Waals surface area contributed by atoms with Crippen LogP contribution in [0.15, 0.2) is 6.20 Å². The van der Waals surface area contributed by atoms with Crippen molar-refractivity contribution >= 4 is 0 Å². The van der Waals surface area contributed by atoms with Gasteiger partial charge < -0.3 is 10.7 Å². The zero-order valence-corrected chi connectivity index (χ0v) is 17.0. The van der Waals surface area contributed by atoms with E-state index in [0.29, 0.717) is 12.0 Å². The van der Waals surface area contributed by atoms with E-state index in [9.17, 15) is 0 Å². The predicted octanol–water partition coefficient (Wildman–Crippen LogP) is 6.24. The molecule has 1 aromatic heterocycles. The molecule has 0 saturated heterocycles. The van der Waals surface area contributed by atoms with Gasteiger partial charge in [-0.05, 0) is 44.4 Å². The smallest absolute Gasteiger partial charge is 0.109 e. The van der Waals surface area contributed by atoms with Crippen molar-refractivity contribution in [3.8, 4) is 0 Å². The van der Waals surface area contributed by atoms with Crippen LogP contribution in [0.25, 0.3) is 0 Å². The van der Waals surface area contributed by atoms with Crippen molar-refractivity contribution in [2.75, 3.05) is 0 Å². The Morgan fingerprint density at radius 3 is 2.04 bits per heavy atom. The van der Waals surface area contributed by atoms with Crippen LogP contribution < -0.4 is 5.73 Å². The van der Waals surface area contributed by atoms with Gasteiger partial charge in [0, 0.05) is 18.2 Å². The molecule has 4 unspecified atom stereocenters. The van der Waals surface area contributed by atoms with Crippen molar-refractivity contribution in [2.45, 2.75) is 115 Å². The number of aromatic amines is 1. The van der Waals surface area contributed by atoms with E-state index >= 15 is 0 Å². The third kappa shape index (κ3) is 6.11. The van der Waals surface area contributed by atoms with Crippen molar-refractivity contribution in [3.05, 3.63) is 17.7 Å². The Labute approximate surface area is 160 Å². The molecule has 0 amide bonds. The van der Waals surface area contributed by atoms with Crippen LogP contribution in [0.3, 0.4) is 0 Å². The van der Waals surface area contributed by atoms with E-state index in [0.717, 1.165) is 17.5 Å². The Morgan fingerprint density at radius 2 is 1.38 bits per heavy atom. The second kappa shape index (κ2) is 10.5. The molecule has 0 aromatic carbocycles. The molecule has 148 valence electrons. The molecule has 0 bridgehead atoms. The van der Waals surface area contributed by atoms with Gasteiger partial charge in [-0.3, -0.25) is 0 Å². The Morgan fingerprint density at radius 1 is 0.808 bits per heavy atom. The summed E-state index contributed by atoms with van der Waals surface area (Å²) >= 11 is 0. The summed E-state index contributed by atoms with van der Waals surface area (Å²) in [5.41, 5.74) is 7.69. The third-order valence-corrected chi connectivity index (χ3v) is 7.00. The van der Waals surface area contributed by atoms with Crippen molar-refractivity contribution in [1.82, 2.24) is 9.97 Å². The average Bonchev–Trinajstić information content (AvgIpc) is 3.04. The maximum absolute atomic E-state index is 6.55. The highest BCUT2D eigenvalue weighted by Gasteiger charge is 2.28. The highest BCUT2D eigenvalue weighted by Crippen LogP contribution is 2.39. The number of aromatic nitrogens is 2. The number of rotatable bonds is 1. The van der Waals surface area contributed by atoms with Gasteiger partial charge >= 0.3 is 0 Å². The van der Waals surface area contributed by atoms with Gasteiger partial charge in [-0.1, -0.05) is 70.6 Å². The molecule has 3 rings (SSSR count). The minimum absolute atomic E-state index is 0.426. The predicted molar refractivity (Wildman–Crippen MR) is 110 cm³/mol. The minimum atomic E-state index is 0.426. The Bertz CT molecular complexity index is 509. The molecule has 0 spiro atoms. The normalized spacial score (nSPS) is 33.0. The first-order valence-electron chi connectivity index (χ1n) is 11.5. The molecule has 2 saturated carbocycles. The first-order valence-corrected chi connectivity index (χ1v) is 11.5. The van der Waals surface area contributed by atoms with E-state index in [1.54, 1.807) is 0 Å². The first-order chi connectivity index (χ1) is 12.7. The summed E-state index contributed by atoms with van der Waals surface area (Å²) < 4.78 is 0. The average molecular weight is 360 g/mol. The lowest BCUT2D eigenvalue weighted by Crippen LogP contribution is -2.29. The number of nitrogens with two attached hydrogens (primary N) is 1. The van der Waals surface area contributed by atoms with Gasteiger partial charge in [-0.25, -0.2) is 4.98 Å². The molecule has 0 aliphatic heterocycles. The molecule has 2 fully saturated rings. The Balaban J connectivity index is 1.77. The third-order valence-electron chi connectivity index (χ3n) is 7.00. The lowest BCUT2D eigenvalue weighted by Gasteiger charge is -2.32. The number of hydrogen-bond acceptors (Lipinski definition) is 2. The summed E-state index contributed by atoms with van der Waals surface area (Å²) in [4.78, 5) is 8.33. The van der Waals surface area contributed by atoms with Crippen LogP contribution in [0, 0.1) is 18.8 Å². The second-order valence-electron chi connectivity index (χ2n) is 9.21. The highest BCUT2D eigenvalue weighted by atomic mass is 14.9. The molecule has 0 radical (unpaired) electrons. The van der Waals surface area contributed by atoms with E-state index in [1.807, 2.05) is 0 Å². The van der Waals surface area contributed by atoms with E-state index < -0.39 is 0 Å². The van der Waals surface area contributed by atoms with Crippen LogP contribution in [0.2, 0.25) is 0 Å². The summed E-state index contributed by atoms with van der Waals surface area (Å²) in [5.74, 6) is 3.54. The zero-order valence-electron chi connectivity index (χ0n) is 17.0.